The fraction of sp³-hybridized carbons (Fsp3) is 0.238. The van der Waals surface area contributed by atoms with Crippen LogP contribution >= 0.6 is 0 Å². The molecule has 2 aromatic carbocycles. The van der Waals surface area contributed by atoms with E-state index in [-0.39, 0.29) is 17.6 Å². The zero-order chi connectivity index (χ0) is 18.7. The monoisotopic (exact) mass is 357 g/mol. The number of aliphatic imine (C=N–C) groups is 1. The van der Waals surface area contributed by atoms with Crippen LogP contribution in [0.3, 0.4) is 0 Å². The molecule has 0 radical (unpaired) electrons. The predicted molar refractivity (Wildman–Crippen MR) is 95.6 cm³/mol. The quantitative estimate of drug-likeness (QED) is 0.505. The van der Waals surface area contributed by atoms with E-state index in [9.17, 15) is 18.0 Å². The number of halogens is 3. The average molecular weight is 357 g/mol. The molecule has 0 saturated carbocycles. The molecule has 1 aliphatic carbocycles. The van der Waals surface area contributed by atoms with Crippen molar-refractivity contribution in [3.63, 3.8) is 0 Å². The third kappa shape index (κ3) is 3.93. The normalized spacial score (nSPS) is 20.0. The predicted octanol–water partition coefficient (Wildman–Crippen LogP) is 5.76. The maximum absolute atomic E-state index is 13.0. The number of rotatable bonds is 4. The minimum Gasteiger partial charge on any atom is -0.288 e. The molecule has 0 fully saturated rings. The number of ketones is 1. The minimum atomic E-state index is -4.35. The molecule has 2 nitrogen and oxygen atoms in total. The highest BCUT2D eigenvalue weighted by molar-refractivity contribution is 6.35. The summed E-state index contributed by atoms with van der Waals surface area (Å²) in [6, 6.07) is 12.7. The minimum absolute atomic E-state index is 0.133. The first kappa shape index (κ1) is 18.1. The summed E-state index contributed by atoms with van der Waals surface area (Å²) in [5.41, 5.74) is 1.54. The number of fused-ring (bicyclic) bond motifs is 1. The molecule has 3 rings (SSSR count). The van der Waals surface area contributed by atoms with Gasteiger partial charge in [0.05, 0.1) is 11.8 Å². The smallest absolute Gasteiger partial charge is 0.288 e. The van der Waals surface area contributed by atoms with Crippen molar-refractivity contribution in [3.8, 4) is 0 Å². The summed E-state index contributed by atoms with van der Waals surface area (Å²) >= 11 is 0. The van der Waals surface area contributed by atoms with Crippen LogP contribution in [-0.4, -0.2) is 12.0 Å². The van der Waals surface area contributed by atoms with Gasteiger partial charge in [0.2, 0.25) is 5.78 Å². The summed E-state index contributed by atoms with van der Waals surface area (Å²) in [7, 11) is 0. The van der Waals surface area contributed by atoms with Crippen LogP contribution in [0.2, 0.25) is 0 Å². The van der Waals surface area contributed by atoms with Gasteiger partial charge in [-0.3, -0.25) is 9.79 Å². The Morgan fingerprint density at radius 3 is 2.54 bits per heavy atom. The van der Waals surface area contributed by atoms with E-state index >= 15 is 0 Å². The fourth-order valence-electron chi connectivity index (χ4n) is 3.28. The Kier molecular flexibility index (Phi) is 5.07. The molecule has 1 aliphatic rings. The maximum Gasteiger partial charge on any atom is 0.416 e. The largest absolute Gasteiger partial charge is 0.416 e. The van der Waals surface area contributed by atoms with Crippen LogP contribution in [-0.2, 0) is 6.18 Å². The van der Waals surface area contributed by atoms with Gasteiger partial charge in [-0.2, -0.15) is 13.2 Å². The number of nitrogens with zero attached hydrogens (tertiary/aromatic N) is 1. The van der Waals surface area contributed by atoms with Crippen LogP contribution < -0.4 is 0 Å². The van der Waals surface area contributed by atoms with Gasteiger partial charge < -0.3 is 0 Å². The fourth-order valence-corrected chi connectivity index (χ4v) is 3.28. The highest BCUT2D eigenvalue weighted by Crippen LogP contribution is 2.44. The van der Waals surface area contributed by atoms with Gasteiger partial charge in [0, 0.05) is 17.7 Å². The van der Waals surface area contributed by atoms with Gasteiger partial charge in [-0.15, -0.1) is 0 Å². The topological polar surface area (TPSA) is 29.4 Å². The zero-order valence-corrected chi connectivity index (χ0v) is 14.2. The van der Waals surface area contributed by atoms with Crippen LogP contribution in [0.15, 0.2) is 65.8 Å². The lowest BCUT2D eigenvalue weighted by atomic mass is 9.99. The second-order valence-electron chi connectivity index (χ2n) is 6.43. The molecule has 26 heavy (non-hydrogen) atoms. The van der Waals surface area contributed by atoms with Gasteiger partial charge in [-0.25, -0.2) is 0 Å². The molecule has 2 aromatic rings. The lowest BCUT2D eigenvalue weighted by Crippen LogP contribution is -2.06. The van der Waals surface area contributed by atoms with Crippen molar-refractivity contribution < 1.29 is 18.0 Å². The van der Waals surface area contributed by atoms with E-state index in [2.05, 4.69) is 4.99 Å². The maximum atomic E-state index is 13.0. The number of benzene rings is 2. The summed E-state index contributed by atoms with van der Waals surface area (Å²) in [5, 5.41) is 0. The van der Waals surface area contributed by atoms with E-state index in [1.54, 1.807) is 36.4 Å². The first-order valence-corrected chi connectivity index (χ1v) is 8.36. The molecule has 0 saturated heterocycles. The number of carbonyl (C=O) groups is 1. The van der Waals surface area contributed by atoms with Crippen LogP contribution in [0, 0.1) is 0 Å². The SMILES string of the molecule is C[C@@H]1C[C@H](/C=C\N=CC(=O)c2ccccc2)c2cc(C(F)(F)F)ccc21. The van der Waals surface area contributed by atoms with Crippen LogP contribution in [0.4, 0.5) is 13.2 Å². The second-order valence-corrected chi connectivity index (χ2v) is 6.43. The number of hydrogen-bond acceptors (Lipinski definition) is 2. The Labute approximate surface area is 150 Å². The highest BCUT2D eigenvalue weighted by atomic mass is 19.4. The van der Waals surface area contributed by atoms with Crippen molar-refractivity contribution in [2.24, 2.45) is 4.99 Å². The Balaban J connectivity index is 1.75. The van der Waals surface area contributed by atoms with Crippen LogP contribution in [0.1, 0.15) is 52.2 Å². The molecule has 2 atom stereocenters. The third-order valence-electron chi connectivity index (χ3n) is 4.61. The van der Waals surface area contributed by atoms with E-state index in [4.69, 9.17) is 0 Å². The summed E-state index contributed by atoms with van der Waals surface area (Å²) in [4.78, 5) is 15.9. The molecule has 0 aliphatic heterocycles. The summed E-state index contributed by atoms with van der Waals surface area (Å²) in [5.74, 6) is -0.155. The average Bonchev–Trinajstić information content (AvgIpc) is 2.94. The summed E-state index contributed by atoms with van der Waals surface area (Å²) in [6.45, 7) is 2.00. The lowest BCUT2D eigenvalue weighted by molar-refractivity contribution is -0.137. The molecule has 134 valence electrons. The van der Waals surface area contributed by atoms with Crippen molar-refractivity contribution >= 4 is 12.0 Å². The number of Topliss-reactive ketones (excluding diaryl/α,β-unsaturated/α-hetero) is 1. The molecule has 0 amide bonds. The molecule has 0 N–H and O–H groups in total. The molecule has 0 aromatic heterocycles. The van der Waals surface area contributed by atoms with Gasteiger partial charge >= 0.3 is 6.18 Å². The van der Waals surface area contributed by atoms with Crippen LogP contribution in [0.5, 0.6) is 0 Å². The van der Waals surface area contributed by atoms with E-state index in [0.29, 0.717) is 11.1 Å². The molecule has 5 heteroatoms. The van der Waals surface area contributed by atoms with Crippen LogP contribution in [0.25, 0.3) is 0 Å². The number of allylic oxidation sites excluding steroid dienone is 1. The highest BCUT2D eigenvalue weighted by Gasteiger charge is 2.34. The molecule has 0 unspecified atom stereocenters. The molecule has 0 spiro atoms. The molecule has 0 bridgehead atoms. The Bertz CT molecular complexity index is 853. The number of carbonyl (C=O) groups excluding carboxylic acids is 1. The summed E-state index contributed by atoms with van der Waals surface area (Å²) < 4.78 is 38.9. The second kappa shape index (κ2) is 7.28. The molecular formula is C21H18F3NO. The Morgan fingerprint density at radius 1 is 1.12 bits per heavy atom. The summed E-state index contributed by atoms with van der Waals surface area (Å²) in [6.07, 6.45) is 0.854. The van der Waals surface area contributed by atoms with E-state index < -0.39 is 11.7 Å². The van der Waals surface area contributed by atoms with Gasteiger partial charge in [0.15, 0.2) is 0 Å². The van der Waals surface area contributed by atoms with Gasteiger partial charge in [-0.1, -0.05) is 49.4 Å². The van der Waals surface area contributed by atoms with Crippen molar-refractivity contribution in [2.45, 2.75) is 31.4 Å². The standard InChI is InChI=1S/C21H18F3NO/c1-14-11-16(19-12-17(21(22,23)24)7-8-18(14)19)9-10-25-13-20(26)15-5-3-2-4-6-15/h2-10,12-14,16H,11H2,1H3/b10-9-,25-13?/t14-,16+/m1/s1. The van der Waals surface area contributed by atoms with Crippen molar-refractivity contribution in [3.05, 3.63) is 83.1 Å². The third-order valence-corrected chi connectivity index (χ3v) is 4.61. The van der Waals surface area contributed by atoms with Crippen molar-refractivity contribution in [1.29, 1.82) is 0 Å². The van der Waals surface area contributed by atoms with E-state index in [1.807, 2.05) is 13.0 Å². The van der Waals surface area contributed by atoms with E-state index in [1.165, 1.54) is 18.5 Å². The molecule has 0 heterocycles. The van der Waals surface area contributed by atoms with E-state index in [0.717, 1.165) is 18.1 Å². The van der Waals surface area contributed by atoms with Crippen molar-refractivity contribution in [2.75, 3.05) is 0 Å². The molecular weight excluding hydrogens is 339 g/mol. The Hall–Kier alpha value is -2.69. The Morgan fingerprint density at radius 2 is 1.85 bits per heavy atom. The number of alkyl halides is 3. The first-order valence-electron chi connectivity index (χ1n) is 8.36. The van der Waals surface area contributed by atoms with Gasteiger partial charge in [0.25, 0.3) is 0 Å². The lowest BCUT2D eigenvalue weighted by Gasteiger charge is -2.11. The zero-order valence-electron chi connectivity index (χ0n) is 14.2. The first-order chi connectivity index (χ1) is 12.4. The number of hydrogen-bond donors (Lipinski definition) is 0. The van der Waals surface area contributed by atoms with Gasteiger partial charge in [-0.05, 0) is 35.6 Å². The van der Waals surface area contributed by atoms with Gasteiger partial charge in [0.1, 0.15) is 0 Å². The van der Waals surface area contributed by atoms with Crippen molar-refractivity contribution in [1.82, 2.24) is 0 Å².